The second-order valence-electron chi connectivity index (χ2n) is 3.49. The van der Waals surface area contributed by atoms with Crippen LogP contribution in [-0.2, 0) is 6.18 Å². The third-order valence-corrected chi connectivity index (χ3v) is 2.15. The van der Waals surface area contributed by atoms with E-state index in [9.17, 15) is 13.2 Å². The third-order valence-electron chi connectivity index (χ3n) is 2.15. The molecule has 1 heterocycles. The summed E-state index contributed by atoms with van der Waals surface area (Å²) in [5.41, 5.74) is -0.500. The average Bonchev–Trinajstić information content (AvgIpc) is 2.39. The predicted molar refractivity (Wildman–Crippen MR) is 58.3 cm³/mol. The number of nitriles is 1. The Morgan fingerprint density at radius 3 is 2.11 bits per heavy atom. The number of ether oxygens (including phenoxy) is 1. The second kappa shape index (κ2) is 4.94. The summed E-state index contributed by atoms with van der Waals surface area (Å²) < 4.78 is 42.1. The molecule has 0 unspecified atom stereocenters. The first-order chi connectivity index (χ1) is 8.99. The lowest BCUT2D eigenvalue weighted by Crippen LogP contribution is -2.04. The monoisotopic (exact) mass is 265 g/mol. The fourth-order valence-corrected chi connectivity index (χ4v) is 1.24. The van der Waals surface area contributed by atoms with Crippen molar-refractivity contribution in [1.29, 1.82) is 5.26 Å². The molecule has 7 heteroatoms. The summed E-state index contributed by atoms with van der Waals surface area (Å²) in [4.78, 5) is 7.48. The van der Waals surface area contributed by atoms with Gasteiger partial charge in [-0.15, -0.1) is 0 Å². The van der Waals surface area contributed by atoms with Crippen LogP contribution < -0.4 is 4.74 Å². The van der Waals surface area contributed by atoms with Crippen molar-refractivity contribution in [1.82, 2.24) is 9.97 Å². The summed E-state index contributed by atoms with van der Waals surface area (Å²) in [5, 5.41) is 8.55. The normalized spacial score (nSPS) is 10.8. The van der Waals surface area contributed by atoms with Crippen LogP contribution in [0.25, 0.3) is 0 Å². The number of rotatable bonds is 2. The molecular formula is C12H6F3N3O. The van der Waals surface area contributed by atoms with Gasteiger partial charge < -0.3 is 4.74 Å². The topological polar surface area (TPSA) is 58.8 Å². The van der Waals surface area contributed by atoms with Crippen LogP contribution in [0.15, 0.2) is 36.7 Å². The van der Waals surface area contributed by atoms with Gasteiger partial charge in [0.1, 0.15) is 11.8 Å². The van der Waals surface area contributed by atoms with E-state index in [1.165, 1.54) is 24.5 Å². The molecule has 0 aliphatic rings. The number of halogens is 3. The number of benzene rings is 1. The first kappa shape index (κ1) is 12.8. The molecule has 0 amide bonds. The lowest BCUT2D eigenvalue weighted by atomic mass is 10.2. The van der Waals surface area contributed by atoms with Crippen LogP contribution in [0.2, 0.25) is 0 Å². The van der Waals surface area contributed by atoms with Gasteiger partial charge >= 0.3 is 12.2 Å². The van der Waals surface area contributed by atoms with Crippen LogP contribution in [0.1, 0.15) is 11.1 Å². The van der Waals surface area contributed by atoms with Crippen LogP contribution in [0.3, 0.4) is 0 Å². The largest absolute Gasteiger partial charge is 0.424 e. The summed E-state index contributed by atoms with van der Waals surface area (Å²) in [6.45, 7) is 0. The molecule has 4 nitrogen and oxygen atoms in total. The van der Waals surface area contributed by atoms with E-state index >= 15 is 0 Å². The van der Waals surface area contributed by atoms with E-state index in [0.29, 0.717) is 0 Å². The SMILES string of the molecule is N#Cc1cnc(Oc2ccc(C(F)(F)F)cc2)nc1. The minimum absolute atomic E-state index is 0.0428. The van der Waals surface area contributed by atoms with Crippen molar-refractivity contribution in [3.05, 3.63) is 47.8 Å². The van der Waals surface area contributed by atoms with E-state index in [-0.39, 0.29) is 17.3 Å². The van der Waals surface area contributed by atoms with Gasteiger partial charge in [-0.2, -0.15) is 18.4 Å². The van der Waals surface area contributed by atoms with E-state index in [4.69, 9.17) is 10.00 Å². The molecule has 0 atom stereocenters. The van der Waals surface area contributed by atoms with Crippen molar-refractivity contribution in [3.63, 3.8) is 0 Å². The number of alkyl halides is 3. The molecule has 2 rings (SSSR count). The average molecular weight is 265 g/mol. The van der Waals surface area contributed by atoms with Crippen LogP contribution in [0.4, 0.5) is 13.2 Å². The van der Waals surface area contributed by atoms with E-state index in [1.54, 1.807) is 0 Å². The van der Waals surface area contributed by atoms with Crippen molar-refractivity contribution < 1.29 is 17.9 Å². The van der Waals surface area contributed by atoms with E-state index in [0.717, 1.165) is 12.1 Å². The van der Waals surface area contributed by atoms with Crippen molar-refractivity contribution in [2.24, 2.45) is 0 Å². The summed E-state index contributed by atoms with van der Waals surface area (Å²) in [6, 6.07) is 5.94. The van der Waals surface area contributed by atoms with Gasteiger partial charge in [0, 0.05) is 0 Å². The standard InChI is InChI=1S/C12H6F3N3O/c13-12(14,15)9-1-3-10(4-2-9)19-11-17-6-8(5-16)7-18-11/h1-4,6-7H. The molecule has 1 aromatic carbocycles. The molecule has 96 valence electrons. The molecule has 0 fully saturated rings. The Morgan fingerprint density at radius 1 is 1.05 bits per heavy atom. The van der Waals surface area contributed by atoms with Gasteiger partial charge in [-0.1, -0.05) is 0 Å². The van der Waals surface area contributed by atoms with Gasteiger partial charge in [0.15, 0.2) is 0 Å². The molecule has 19 heavy (non-hydrogen) atoms. The van der Waals surface area contributed by atoms with E-state index < -0.39 is 11.7 Å². The Balaban J connectivity index is 2.13. The number of hydrogen-bond donors (Lipinski definition) is 0. The molecule has 0 aliphatic carbocycles. The molecule has 0 saturated heterocycles. The Hall–Kier alpha value is -2.62. The Bertz CT molecular complexity index is 600. The van der Waals surface area contributed by atoms with Crippen molar-refractivity contribution in [3.8, 4) is 17.8 Å². The number of hydrogen-bond acceptors (Lipinski definition) is 4. The summed E-state index contributed by atoms with van der Waals surface area (Å²) in [7, 11) is 0. The Kier molecular flexibility index (Phi) is 3.33. The highest BCUT2D eigenvalue weighted by atomic mass is 19.4. The molecular weight excluding hydrogens is 259 g/mol. The maximum Gasteiger partial charge on any atom is 0.416 e. The minimum Gasteiger partial charge on any atom is -0.424 e. The van der Waals surface area contributed by atoms with Crippen LogP contribution in [-0.4, -0.2) is 9.97 Å². The van der Waals surface area contributed by atoms with Gasteiger partial charge in [-0.25, -0.2) is 9.97 Å². The maximum absolute atomic E-state index is 12.3. The van der Waals surface area contributed by atoms with Gasteiger partial charge in [-0.05, 0) is 24.3 Å². The Labute approximate surface area is 106 Å². The zero-order chi connectivity index (χ0) is 13.9. The molecule has 1 aromatic heterocycles. The first-order valence-corrected chi connectivity index (χ1v) is 5.06. The lowest BCUT2D eigenvalue weighted by Gasteiger charge is -2.07. The molecule has 0 spiro atoms. The molecule has 0 bridgehead atoms. The Morgan fingerprint density at radius 2 is 1.63 bits per heavy atom. The summed E-state index contributed by atoms with van der Waals surface area (Å²) in [5.74, 6) is 0.178. The van der Waals surface area contributed by atoms with Crippen LogP contribution >= 0.6 is 0 Å². The number of aromatic nitrogens is 2. The third kappa shape index (κ3) is 3.19. The number of nitrogens with zero attached hydrogens (tertiary/aromatic N) is 3. The lowest BCUT2D eigenvalue weighted by molar-refractivity contribution is -0.137. The summed E-state index contributed by atoms with van der Waals surface area (Å²) in [6.07, 6.45) is -1.87. The maximum atomic E-state index is 12.3. The minimum atomic E-state index is -4.39. The zero-order valence-electron chi connectivity index (χ0n) is 9.35. The fourth-order valence-electron chi connectivity index (χ4n) is 1.24. The van der Waals surface area contributed by atoms with Gasteiger partial charge in [0.25, 0.3) is 0 Å². The quantitative estimate of drug-likeness (QED) is 0.836. The summed E-state index contributed by atoms with van der Waals surface area (Å²) >= 11 is 0. The highest BCUT2D eigenvalue weighted by molar-refractivity contribution is 5.31. The highest BCUT2D eigenvalue weighted by Gasteiger charge is 2.30. The van der Waals surface area contributed by atoms with E-state index in [2.05, 4.69) is 9.97 Å². The molecule has 0 N–H and O–H groups in total. The van der Waals surface area contributed by atoms with Gasteiger partial charge in [0.2, 0.25) is 0 Å². The van der Waals surface area contributed by atoms with Crippen molar-refractivity contribution in [2.75, 3.05) is 0 Å². The molecule has 2 aromatic rings. The molecule has 0 aliphatic heterocycles. The zero-order valence-corrected chi connectivity index (χ0v) is 9.35. The highest BCUT2D eigenvalue weighted by Crippen LogP contribution is 2.30. The van der Waals surface area contributed by atoms with E-state index in [1.807, 2.05) is 6.07 Å². The van der Waals surface area contributed by atoms with Gasteiger partial charge in [0.05, 0.1) is 23.5 Å². The smallest absolute Gasteiger partial charge is 0.416 e. The molecule has 0 radical (unpaired) electrons. The van der Waals surface area contributed by atoms with Gasteiger partial charge in [-0.3, -0.25) is 0 Å². The van der Waals surface area contributed by atoms with Crippen LogP contribution in [0, 0.1) is 11.3 Å². The fraction of sp³-hybridized carbons (Fsp3) is 0.0833. The first-order valence-electron chi connectivity index (χ1n) is 5.06. The van der Waals surface area contributed by atoms with Crippen LogP contribution in [0.5, 0.6) is 11.8 Å². The second-order valence-corrected chi connectivity index (χ2v) is 3.49. The molecule has 0 saturated carbocycles. The predicted octanol–water partition coefficient (Wildman–Crippen LogP) is 3.16. The van der Waals surface area contributed by atoms with Crippen molar-refractivity contribution in [2.45, 2.75) is 6.18 Å². The van der Waals surface area contributed by atoms with Crippen molar-refractivity contribution >= 4 is 0 Å².